The van der Waals surface area contributed by atoms with Gasteiger partial charge in [-0.1, -0.05) is 0 Å². The summed E-state index contributed by atoms with van der Waals surface area (Å²) in [7, 11) is 0. The number of phenolic OH excluding ortho intramolecular Hbond substituents is 1. The molecule has 0 saturated carbocycles. The van der Waals surface area contributed by atoms with Gasteiger partial charge in [-0.15, -0.1) is 11.3 Å². The van der Waals surface area contributed by atoms with Gasteiger partial charge in [0.05, 0.1) is 6.54 Å². The van der Waals surface area contributed by atoms with Crippen molar-refractivity contribution in [3.8, 4) is 21.9 Å². The monoisotopic (exact) mass is 355 g/mol. The minimum absolute atomic E-state index is 0.217. The molecule has 1 aliphatic rings. The average molecular weight is 355 g/mol. The Hall–Kier alpha value is -2.24. The molecule has 0 fully saturated rings. The van der Waals surface area contributed by atoms with Gasteiger partial charge >= 0.3 is 0 Å². The number of aryl methyl sites for hydroxylation is 2. The van der Waals surface area contributed by atoms with Crippen LogP contribution >= 0.6 is 11.3 Å². The van der Waals surface area contributed by atoms with Gasteiger partial charge in [0.15, 0.2) is 11.5 Å². The summed E-state index contributed by atoms with van der Waals surface area (Å²) in [5.74, 6) is 2.70. The highest BCUT2D eigenvalue weighted by atomic mass is 32.1. The largest absolute Gasteiger partial charge is 0.504 e. The SMILES string of the molecule is Cc1ccc(CN2CCOc3c(O)cc(-c4ccc(C)s4)cc3C2)o1. The number of aromatic hydroxyl groups is 1. The Balaban J connectivity index is 1.63. The zero-order chi connectivity index (χ0) is 17.4. The summed E-state index contributed by atoms with van der Waals surface area (Å²) in [6, 6.07) is 12.1. The molecular weight excluding hydrogens is 334 g/mol. The van der Waals surface area contributed by atoms with Crippen molar-refractivity contribution in [1.82, 2.24) is 4.90 Å². The van der Waals surface area contributed by atoms with Crippen LogP contribution in [0.5, 0.6) is 11.5 Å². The van der Waals surface area contributed by atoms with Gasteiger partial charge in [-0.05, 0) is 55.8 Å². The van der Waals surface area contributed by atoms with Crippen molar-refractivity contribution in [3.63, 3.8) is 0 Å². The normalized spacial score (nSPS) is 14.8. The Labute approximate surface area is 151 Å². The van der Waals surface area contributed by atoms with Crippen LogP contribution < -0.4 is 4.74 Å². The summed E-state index contributed by atoms with van der Waals surface area (Å²) in [6.07, 6.45) is 0. The molecule has 0 saturated heterocycles. The molecule has 5 heteroatoms. The molecule has 4 nitrogen and oxygen atoms in total. The second-order valence-electron chi connectivity index (χ2n) is 6.47. The lowest BCUT2D eigenvalue weighted by atomic mass is 10.1. The lowest BCUT2D eigenvalue weighted by Gasteiger charge is -2.18. The van der Waals surface area contributed by atoms with E-state index in [2.05, 4.69) is 30.0 Å². The Morgan fingerprint density at radius 1 is 1.16 bits per heavy atom. The summed E-state index contributed by atoms with van der Waals surface area (Å²) in [6.45, 7) is 6.85. The lowest BCUT2D eigenvalue weighted by molar-refractivity contribution is 0.204. The number of ether oxygens (including phenoxy) is 1. The topological polar surface area (TPSA) is 45.8 Å². The number of phenols is 1. The number of nitrogens with zero attached hydrogens (tertiary/aromatic N) is 1. The first-order valence-electron chi connectivity index (χ1n) is 8.41. The van der Waals surface area contributed by atoms with Crippen molar-refractivity contribution in [2.24, 2.45) is 0 Å². The van der Waals surface area contributed by atoms with E-state index in [1.807, 2.05) is 19.1 Å². The van der Waals surface area contributed by atoms with Crippen LogP contribution in [-0.4, -0.2) is 23.2 Å². The molecule has 4 rings (SSSR count). The van der Waals surface area contributed by atoms with Crippen LogP contribution in [0, 0.1) is 13.8 Å². The van der Waals surface area contributed by atoms with Crippen molar-refractivity contribution < 1.29 is 14.3 Å². The molecule has 1 N–H and O–H groups in total. The van der Waals surface area contributed by atoms with E-state index in [4.69, 9.17) is 9.15 Å². The fourth-order valence-corrected chi connectivity index (χ4v) is 4.07. The lowest BCUT2D eigenvalue weighted by Crippen LogP contribution is -2.25. The Morgan fingerprint density at radius 2 is 2.04 bits per heavy atom. The predicted octanol–water partition coefficient (Wildman–Crippen LogP) is 4.73. The number of hydrogen-bond acceptors (Lipinski definition) is 5. The van der Waals surface area contributed by atoms with E-state index in [1.54, 1.807) is 17.4 Å². The Kier molecular flexibility index (Phi) is 4.27. The summed E-state index contributed by atoms with van der Waals surface area (Å²) < 4.78 is 11.5. The highest BCUT2D eigenvalue weighted by molar-refractivity contribution is 7.15. The molecule has 0 bridgehead atoms. The van der Waals surface area contributed by atoms with Gasteiger partial charge in [0.25, 0.3) is 0 Å². The maximum Gasteiger partial charge on any atom is 0.165 e. The first kappa shape index (κ1) is 16.2. The van der Waals surface area contributed by atoms with Gasteiger partial charge in [-0.2, -0.15) is 0 Å². The third-order valence-electron chi connectivity index (χ3n) is 4.39. The van der Waals surface area contributed by atoms with E-state index in [0.717, 1.165) is 47.2 Å². The fourth-order valence-electron chi connectivity index (χ4n) is 3.21. The number of benzene rings is 1. The van der Waals surface area contributed by atoms with Crippen LogP contribution in [-0.2, 0) is 13.1 Å². The maximum absolute atomic E-state index is 10.5. The fraction of sp³-hybridized carbons (Fsp3) is 0.300. The molecule has 3 heterocycles. The number of hydrogen-bond donors (Lipinski definition) is 1. The van der Waals surface area contributed by atoms with Crippen molar-refractivity contribution in [1.29, 1.82) is 0 Å². The van der Waals surface area contributed by atoms with Crippen LogP contribution in [0.3, 0.4) is 0 Å². The predicted molar refractivity (Wildman–Crippen MR) is 99.2 cm³/mol. The van der Waals surface area contributed by atoms with Crippen molar-refractivity contribution in [3.05, 3.63) is 58.4 Å². The molecule has 1 aromatic carbocycles. The summed E-state index contributed by atoms with van der Waals surface area (Å²) >= 11 is 1.73. The molecule has 2 aromatic heterocycles. The molecule has 25 heavy (non-hydrogen) atoms. The van der Waals surface area contributed by atoms with Gasteiger partial charge in [0.2, 0.25) is 0 Å². The van der Waals surface area contributed by atoms with Crippen LogP contribution in [0.4, 0.5) is 0 Å². The van der Waals surface area contributed by atoms with E-state index >= 15 is 0 Å². The van der Waals surface area contributed by atoms with Gasteiger partial charge in [0, 0.05) is 28.4 Å². The molecule has 0 aliphatic carbocycles. The minimum Gasteiger partial charge on any atom is -0.504 e. The molecular formula is C20H21NO3S. The number of thiophene rings is 1. The molecule has 1 aliphatic heterocycles. The molecule has 0 spiro atoms. The van der Waals surface area contributed by atoms with Crippen molar-refractivity contribution in [2.75, 3.05) is 13.2 Å². The van der Waals surface area contributed by atoms with E-state index in [-0.39, 0.29) is 5.75 Å². The quantitative estimate of drug-likeness (QED) is 0.738. The Morgan fingerprint density at radius 3 is 2.76 bits per heavy atom. The summed E-state index contributed by atoms with van der Waals surface area (Å²) in [5, 5.41) is 10.5. The summed E-state index contributed by atoms with van der Waals surface area (Å²) in [4.78, 5) is 4.70. The smallest absolute Gasteiger partial charge is 0.165 e. The minimum atomic E-state index is 0.217. The third-order valence-corrected chi connectivity index (χ3v) is 5.44. The third kappa shape index (κ3) is 3.43. The second-order valence-corrected chi connectivity index (χ2v) is 7.75. The highest BCUT2D eigenvalue weighted by Crippen LogP contribution is 2.39. The molecule has 0 atom stereocenters. The van der Waals surface area contributed by atoms with E-state index in [9.17, 15) is 5.11 Å². The number of furan rings is 1. The van der Waals surface area contributed by atoms with Crippen LogP contribution in [0.2, 0.25) is 0 Å². The van der Waals surface area contributed by atoms with E-state index in [0.29, 0.717) is 12.4 Å². The van der Waals surface area contributed by atoms with E-state index in [1.165, 1.54) is 4.88 Å². The maximum atomic E-state index is 10.5. The van der Waals surface area contributed by atoms with Gasteiger partial charge in [-0.25, -0.2) is 0 Å². The number of fused-ring (bicyclic) bond motifs is 1. The van der Waals surface area contributed by atoms with Crippen molar-refractivity contribution >= 4 is 11.3 Å². The van der Waals surface area contributed by atoms with Gasteiger partial charge in [0.1, 0.15) is 18.1 Å². The van der Waals surface area contributed by atoms with Crippen LogP contribution in [0.15, 0.2) is 40.8 Å². The van der Waals surface area contributed by atoms with Gasteiger partial charge in [-0.3, -0.25) is 4.90 Å². The number of rotatable bonds is 3. The average Bonchev–Trinajstić information content (AvgIpc) is 3.11. The summed E-state index contributed by atoms with van der Waals surface area (Å²) in [5.41, 5.74) is 2.05. The second kappa shape index (κ2) is 6.58. The first-order chi connectivity index (χ1) is 12.1. The zero-order valence-corrected chi connectivity index (χ0v) is 15.2. The first-order valence-corrected chi connectivity index (χ1v) is 9.23. The van der Waals surface area contributed by atoms with Crippen molar-refractivity contribution in [2.45, 2.75) is 26.9 Å². The highest BCUT2D eigenvalue weighted by Gasteiger charge is 2.21. The van der Waals surface area contributed by atoms with Gasteiger partial charge < -0.3 is 14.3 Å². The molecule has 0 amide bonds. The van der Waals surface area contributed by atoms with Crippen LogP contribution in [0.1, 0.15) is 22.0 Å². The Bertz CT molecular complexity index is 896. The standard InChI is InChI=1S/C20H21NO3S/c1-13-3-5-17(24-13)12-21-7-8-23-20-16(11-21)9-15(10-18(20)22)19-6-4-14(2)25-19/h3-6,9-10,22H,7-8,11-12H2,1-2H3. The molecule has 3 aromatic rings. The molecule has 0 radical (unpaired) electrons. The molecule has 130 valence electrons. The zero-order valence-electron chi connectivity index (χ0n) is 14.4. The van der Waals surface area contributed by atoms with E-state index < -0.39 is 0 Å². The van der Waals surface area contributed by atoms with Crippen LogP contribution in [0.25, 0.3) is 10.4 Å². The molecule has 0 unspecified atom stereocenters.